The molecular formula is C10H11ClFN3. The highest BCUT2D eigenvalue weighted by molar-refractivity contribution is 5.85. The zero-order valence-electron chi connectivity index (χ0n) is 7.93. The Bertz CT molecular complexity index is 424. The molecule has 0 spiro atoms. The molecule has 2 aromatic rings. The molecule has 0 bridgehead atoms. The van der Waals surface area contributed by atoms with Crippen LogP contribution in [0.25, 0.3) is 5.69 Å². The average Bonchev–Trinajstić information content (AvgIpc) is 2.65. The van der Waals surface area contributed by atoms with Gasteiger partial charge in [-0.25, -0.2) is 4.68 Å². The van der Waals surface area contributed by atoms with Crippen LogP contribution < -0.4 is 5.73 Å². The van der Waals surface area contributed by atoms with E-state index in [4.69, 9.17) is 5.73 Å². The molecular weight excluding hydrogens is 217 g/mol. The lowest BCUT2D eigenvalue weighted by Gasteiger charge is -2.02. The minimum atomic E-state index is -0.370. The third-order valence-corrected chi connectivity index (χ3v) is 2.01. The molecule has 0 amide bonds. The Kier molecular flexibility index (Phi) is 3.82. The Hall–Kier alpha value is -1.39. The fourth-order valence-corrected chi connectivity index (χ4v) is 1.25. The van der Waals surface area contributed by atoms with Gasteiger partial charge in [-0.1, -0.05) is 12.1 Å². The van der Waals surface area contributed by atoms with E-state index in [1.54, 1.807) is 12.1 Å². The van der Waals surface area contributed by atoms with Crippen molar-refractivity contribution in [2.24, 2.45) is 5.73 Å². The van der Waals surface area contributed by atoms with E-state index in [1.165, 1.54) is 16.9 Å². The third-order valence-electron chi connectivity index (χ3n) is 2.01. The quantitative estimate of drug-likeness (QED) is 0.852. The van der Waals surface area contributed by atoms with Gasteiger partial charge in [0, 0.05) is 12.6 Å². The molecule has 1 aromatic carbocycles. The first-order valence-electron chi connectivity index (χ1n) is 4.30. The maximum absolute atomic E-state index is 13.1. The van der Waals surface area contributed by atoms with Gasteiger partial charge in [0.05, 0.1) is 11.9 Å². The zero-order chi connectivity index (χ0) is 9.97. The highest BCUT2D eigenvalue weighted by atomic mass is 35.5. The van der Waals surface area contributed by atoms with Gasteiger partial charge in [0.15, 0.2) is 0 Å². The molecule has 2 rings (SSSR count). The van der Waals surface area contributed by atoms with Crippen molar-refractivity contribution in [3.05, 3.63) is 48.0 Å². The van der Waals surface area contributed by atoms with Crippen molar-refractivity contribution in [3.63, 3.8) is 0 Å². The van der Waals surface area contributed by atoms with Gasteiger partial charge >= 0.3 is 0 Å². The number of aromatic nitrogens is 2. The molecule has 0 aliphatic carbocycles. The van der Waals surface area contributed by atoms with Crippen molar-refractivity contribution in [1.29, 1.82) is 0 Å². The molecule has 3 nitrogen and oxygen atoms in total. The van der Waals surface area contributed by atoms with Gasteiger partial charge in [-0.15, -0.1) is 12.4 Å². The zero-order valence-corrected chi connectivity index (χ0v) is 8.75. The number of rotatable bonds is 2. The second-order valence-corrected chi connectivity index (χ2v) is 2.94. The number of nitrogens with two attached hydrogens (primary N) is 1. The Morgan fingerprint density at radius 3 is 2.33 bits per heavy atom. The van der Waals surface area contributed by atoms with Gasteiger partial charge < -0.3 is 5.73 Å². The molecule has 2 N–H and O–H groups in total. The molecule has 0 saturated carbocycles. The smallest absolute Gasteiger partial charge is 0.216 e. The topological polar surface area (TPSA) is 43.8 Å². The van der Waals surface area contributed by atoms with Gasteiger partial charge in [0.1, 0.15) is 0 Å². The van der Waals surface area contributed by atoms with Crippen molar-refractivity contribution in [2.45, 2.75) is 6.54 Å². The molecule has 0 radical (unpaired) electrons. The summed E-state index contributed by atoms with van der Waals surface area (Å²) in [7, 11) is 0. The van der Waals surface area contributed by atoms with Crippen LogP contribution in [0.5, 0.6) is 0 Å². The lowest BCUT2D eigenvalue weighted by atomic mass is 10.2. The third kappa shape index (κ3) is 2.34. The molecule has 0 atom stereocenters. The van der Waals surface area contributed by atoms with Gasteiger partial charge in [-0.3, -0.25) is 0 Å². The van der Waals surface area contributed by atoms with Crippen LogP contribution in [0.2, 0.25) is 0 Å². The summed E-state index contributed by atoms with van der Waals surface area (Å²) in [5.41, 5.74) is 7.17. The van der Waals surface area contributed by atoms with Gasteiger partial charge in [-0.2, -0.15) is 9.49 Å². The standard InChI is InChI=1S/C10H10FN3.ClH/c11-10-5-6-13-14(10)9-3-1-8(7-12)2-4-9;/h1-6H,7,12H2;1H. The maximum Gasteiger partial charge on any atom is 0.216 e. The van der Waals surface area contributed by atoms with Gasteiger partial charge in [0.25, 0.3) is 0 Å². The molecule has 0 saturated heterocycles. The molecule has 0 fully saturated rings. The number of halogens is 2. The van der Waals surface area contributed by atoms with Crippen molar-refractivity contribution in [1.82, 2.24) is 9.78 Å². The van der Waals surface area contributed by atoms with E-state index in [0.717, 1.165) is 5.56 Å². The maximum atomic E-state index is 13.1. The molecule has 15 heavy (non-hydrogen) atoms. The second kappa shape index (κ2) is 4.91. The summed E-state index contributed by atoms with van der Waals surface area (Å²) in [4.78, 5) is 0. The van der Waals surface area contributed by atoms with Crippen molar-refractivity contribution in [2.75, 3.05) is 0 Å². The predicted molar refractivity (Wildman–Crippen MR) is 58.7 cm³/mol. The monoisotopic (exact) mass is 227 g/mol. The summed E-state index contributed by atoms with van der Waals surface area (Å²) < 4.78 is 14.3. The van der Waals surface area contributed by atoms with E-state index >= 15 is 0 Å². The Morgan fingerprint density at radius 1 is 1.20 bits per heavy atom. The molecule has 0 unspecified atom stereocenters. The van der Waals surface area contributed by atoms with Crippen LogP contribution in [0.3, 0.4) is 0 Å². The van der Waals surface area contributed by atoms with Crippen LogP contribution in [-0.4, -0.2) is 9.78 Å². The molecule has 0 aliphatic heterocycles. The van der Waals surface area contributed by atoms with E-state index in [-0.39, 0.29) is 18.4 Å². The number of hydrogen-bond acceptors (Lipinski definition) is 2. The predicted octanol–water partition coefficient (Wildman–Crippen LogP) is 1.89. The first kappa shape index (κ1) is 11.7. The van der Waals surface area contributed by atoms with Crippen LogP contribution in [-0.2, 0) is 6.54 Å². The first-order chi connectivity index (χ1) is 6.81. The average molecular weight is 228 g/mol. The molecule has 80 valence electrons. The highest BCUT2D eigenvalue weighted by Gasteiger charge is 2.02. The summed E-state index contributed by atoms with van der Waals surface area (Å²) in [6, 6.07) is 8.61. The lowest BCUT2D eigenvalue weighted by molar-refractivity contribution is 0.537. The minimum absolute atomic E-state index is 0. The van der Waals surface area contributed by atoms with Crippen LogP contribution >= 0.6 is 12.4 Å². The Balaban J connectivity index is 0.00000112. The first-order valence-corrected chi connectivity index (χ1v) is 4.30. The van der Waals surface area contributed by atoms with Crippen molar-refractivity contribution >= 4 is 12.4 Å². The fourth-order valence-electron chi connectivity index (χ4n) is 1.25. The van der Waals surface area contributed by atoms with E-state index in [2.05, 4.69) is 5.10 Å². The van der Waals surface area contributed by atoms with Crippen molar-refractivity contribution in [3.8, 4) is 5.69 Å². The SMILES string of the molecule is Cl.NCc1ccc(-n2nccc2F)cc1. The molecule has 0 aliphatic rings. The fraction of sp³-hybridized carbons (Fsp3) is 0.100. The normalized spacial score (nSPS) is 9.73. The second-order valence-electron chi connectivity index (χ2n) is 2.94. The van der Waals surface area contributed by atoms with Crippen LogP contribution in [0.4, 0.5) is 4.39 Å². The van der Waals surface area contributed by atoms with E-state index in [1.807, 2.05) is 12.1 Å². The molecule has 1 heterocycles. The Labute approximate surface area is 93.1 Å². The minimum Gasteiger partial charge on any atom is -0.326 e. The summed E-state index contributed by atoms with van der Waals surface area (Å²) >= 11 is 0. The summed E-state index contributed by atoms with van der Waals surface area (Å²) in [6.45, 7) is 0.488. The van der Waals surface area contributed by atoms with E-state index in [0.29, 0.717) is 12.2 Å². The lowest BCUT2D eigenvalue weighted by Crippen LogP contribution is -2.00. The van der Waals surface area contributed by atoms with Crippen molar-refractivity contribution < 1.29 is 4.39 Å². The van der Waals surface area contributed by atoms with E-state index < -0.39 is 0 Å². The number of hydrogen-bond donors (Lipinski definition) is 1. The molecule has 1 aromatic heterocycles. The largest absolute Gasteiger partial charge is 0.326 e. The molecule has 5 heteroatoms. The van der Waals surface area contributed by atoms with Gasteiger partial charge in [-0.05, 0) is 17.7 Å². The van der Waals surface area contributed by atoms with E-state index in [9.17, 15) is 4.39 Å². The van der Waals surface area contributed by atoms with Crippen LogP contribution in [0.1, 0.15) is 5.56 Å². The highest BCUT2D eigenvalue weighted by Crippen LogP contribution is 2.10. The number of nitrogens with zero attached hydrogens (tertiary/aromatic N) is 2. The summed E-state index contributed by atoms with van der Waals surface area (Å²) in [6.07, 6.45) is 1.42. The van der Waals surface area contributed by atoms with Crippen LogP contribution in [0, 0.1) is 5.95 Å². The Morgan fingerprint density at radius 2 is 1.87 bits per heavy atom. The summed E-state index contributed by atoms with van der Waals surface area (Å²) in [5, 5.41) is 3.85. The van der Waals surface area contributed by atoms with Gasteiger partial charge in [0.2, 0.25) is 5.95 Å². The number of benzene rings is 1. The van der Waals surface area contributed by atoms with Crippen LogP contribution in [0.15, 0.2) is 36.5 Å². The summed E-state index contributed by atoms with van der Waals surface area (Å²) in [5.74, 6) is -0.370.